The van der Waals surface area contributed by atoms with Crippen molar-refractivity contribution in [1.29, 1.82) is 0 Å². The Morgan fingerprint density at radius 2 is 2.50 bits per heavy atom. The van der Waals surface area contributed by atoms with Crippen molar-refractivity contribution < 1.29 is 9.90 Å². The first-order valence-corrected chi connectivity index (χ1v) is 6.41. The van der Waals surface area contributed by atoms with Crippen LogP contribution in [0, 0.1) is 11.8 Å². The quantitative estimate of drug-likeness (QED) is 0.849. The Kier molecular flexibility index (Phi) is 3.43. The van der Waals surface area contributed by atoms with Crippen molar-refractivity contribution in [1.82, 2.24) is 4.98 Å². The van der Waals surface area contributed by atoms with Gasteiger partial charge in [0.25, 0.3) is 0 Å². The predicted molar refractivity (Wildman–Crippen MR) is 64.1 cm³/mol. The number of aromatic nitrogens is 1. The Morgan fingerprint density at radius 3 is 3.06 bits per heavy atom. The average Bonchev–Trinajstić information content (AvgIpc) is 2.83. The third kappa shape index (κ3) is 2.52. The first kappa shape index (κ1) is 11.4. The zero-order chi connectivity index (χ0) is 11.5. The number of aromatic carboxylic acids is 1. The van der Waals surface area contributed by atoms with E-state index in [-0.39, 0.29) is 0 Å². The summed E-state index contributed by atoms with van der Waals surface area (Å²) in [5.41, 5.74) is 0. The fraction of sp³-hybridized carbons (Fsp3) is 0.636. The number of thiazole rings is 1. The Balaban J connectivity index is 1.87. The number of carbonyl (C=O) groups is 1. The Labute approximate surface area is 98.7 Å². The van der Waals surface area contributed by atoms with Crippen LogP contribution < -0.4 is 5.32 Å². The second kappa shape index (κ2) is 4.82. The van der Waals surface area contributed by atoms with Gasteiger partial charge in [-0.2, -0.15) is 0 Å². The van der Waals surface area contributed by atoms with Crippen molar-refractivity contribution in [3.8, 4) is 0 Å². The molecule has 1 heterocycles. The van der Waals surface area contributed by atoms with E-state index in [1.165, 1.54) is 36.8 Å². The number of hydrogen-bond donors (Lipinski definition) is 2. The van der Waals surface area contributed by atoms with Gasteiger partial charge in [-0.25, -0.2) is 9.78 Å². The molecule has 1 fully saturated rings. The molecule has 0 spiro atoms. The maximum Gasteiger partial charge on any atom is 0.347 e. The molecule has 5 heteroatoms. The molecular formula is C11H16N2O2S. The Hall–Kier alpha value is -1.10. The molecule has 1 aliphatic rings. The summed E-state index contributed by atoms with van der Waals surface area (Å²) in [5, 5.41) is 12.7. The molecule has 2 N–H and O–H groups in total. The predicted octanol–water partition coefficient (Wildman–Crippen LogP) is 2.69. The highest BCUT2D eigenvalue weighted by Gasteiger charge is 2.23. The molecule has 1 aliphatic carbocycles. The summed E-state index contributed by atoms with van der Waals surface area (Å²) in [6.45, 7) is 3.19. The Morgan fingerprint density at radius 1 is 1.69 bits per heavy atom. The number of nitrogens with one attached hydrogen (secondary N) is 1. The van der Waals surface area contributed by atoms with Crippen molar-refractivity contribution in [2.45, 2.75) is 26.2 Å². The first-order chi connectivity index (χ1) is 7.66. The van der Waals surface area contributed by atoms with Crippen molar-refractivity contribution in [3.63, 3.8) is 0 Å². The van der Waals surface area contributed by atoms with Crippen LogP contribution in [0.1, 0.15) is 35.9 Å². The maximum atomic E-state index is 10.7. The van der Waals surface area contributed by atoms with Gasteiger partial charge in [0, 0.05) is 6.54 Å². The molecule has 0 saturated heterocycles. The molecular weight excluding hydrogens is 224 g/mol. The van der Waals surface area contributed by atoms with E-state index in [2.05, 4.69) is 17.2 Å². The van der Waals surface area contributed by atoms with Gasteiger partial charge in [-0.05, 0) is 18.3 Å². The highest BCUT2D eigenvalue weighted by molar-refractivity contribution is 7.17. The zero-order valence-corrected chi connectivity index (χ0v) is 10.1. The third-order valence-electron chi connectivity index (χ3n) is 3.27. The molecule has 16 heavy (non-hydrogen) atoms. The van der Waals surface area contributed by atoms with Crippen molar-refractivity contribution in [2.24, 2.45) is 11.8 Å². The van der Waals surface area contributed by atoms with E-state index in [0.717, 1.165) is 17.6 Å². The minimum absolute atomic E-state index is 0.293. The SMILES string of the molecule is CC1CCCC1CNc1ncc(C(=O)O)s1. The highest BCUT2D eigenvalue weighted by Crippen LogP contribution is 2.31. The summed E-state index contributed by atoms with van der Waals surface area (Å²) < 4.78 is 0. The number of nitrogens with zero attached hydrogens (tertiary/aromatic N) is 1. The van der Waals surface area contributed by atoms with E-state index in [4.69, 9.17) is 5.11 Å². The molecule has 2 atom stereocenters. The smallest absolute Gasteiger partial charge is 0.347 e. The van der Waals surface area contributed by atoms with E-state index in [9.17, 15) is 4.79 Å². The van der Waals surface area contributed by atoms with Crippen LogP contribution in [0.3, 0.4) is 0 Å². The number of hydrogen-bond acceptors (Lipinski definition) is 4. The molecule has 1 saturated carbocycles. The largest absolute Gasteiger partial charge is 0.477 e. The van der Waals surface area contributed by atoms with Gasteiger partial charge in [0.2, 0.25) is 0 Å². The lowest BCUT2D eigenvalue weighted by Crippen LogP contribution is -2.16. The van der Waals surface area contributed by atoms with Gasteiger partial charge >= 0.3 is 5.97 Å². The van der Waals surface area contributed by atoms with Crippen molar-refractivity contribution >= 4 is 22.4 Å². The van der Waals surface area contributed by atoms with Crippen LogP contribution in [0.4, 0.5) is 5.13 Å². The van der Waals surface area contributed by atoms with Crippen LogP contribution in [0.25, 0.3) is 0 Å². The van der Waals surface area contributed by atoms with Crippen LogP contribution >= 0.6 is 11.3 Å². The molecule has 1 aromatic heterocycles. The van der Waals surface area contributed by atoms with Gasteiger partial charge in [-0.1, -0.05) is 31.1 Å². The molecule has 88 valence electrons. The van der Waals surface area contributed by atoms with E-state index >= 15 is 0 Å². The number of rotatable bonds is 4. The summed E-state index contributed by atoms with van der Waals surface area (Å²) in [7, 11) is 0. The van der Waals surface area contributed by atoms with E-state index in [1.54, 1.807) is 0 Å². The maximum absolute atomic E-state index is 10.7. The molecule has 4 nitrogen and oxygen atoms in total. The monoisotopic (exact) mass is 240 g/mol. The summed E-state index contributed by atoms with van der Waals surface area (Å²) in [6.07, 6.45) is 5.30. The van der Waals surface area contributed by atoms with Crippen molar-refractivity contribution in [2.75, 3.05) is 11.9 Å². The minimum Gasteiger partial charge on any atom is -0.477 e. The third-order valence-corrected chi connectivity index (χ3v) is 4.21. The normalized spacial score (nSPS) is 24.6. The molecule has 1 aromatic rings. The molecule has 0 amide bonds. The van der Waals surface area contributed by atoms with E-state index < -0.39 is 5.97 Å². The number of carboxylic acids is 1. The second-order valence-corrected chi connectivity index (χ2v) is 5.41. The van der Waals surface area contributed by atoms with Crippen LogP contribution in [0.15, 0.2) is 6.20 Å². The van der Waals surface area contributed by atoms with Gasteiger partial charge in [-0.3, -0.25) is 0 Å². The summed E-state index contributed by atoms with van der Waals surface area (Å²) in [6, 6.07) is 0. The number of carboxylic acid groups (broad SMARTS) is 1. The van der Waals surface area contributed by atoms with Crippen LogP contribution in [0.2, 0.25) is 0 Å². The van der Waals surface area contributed by atoms with Gasteiger partial charge in [0.15, 0.2) is 5.13 Å². The fourth-order valence-electron chi connectivity index (χ4n) is 2.20. The number of anilines is 1. The standard InChI is InChI=1S/C11H16N2O2S/c1-7-3-2-4-8(7)5-12-11-13-6-9(16-11)10(14)15/h6-8H,2-5H2,1H3,(H,12,13)(H,14,15). The minimum atomic E-state index is -0.903. The van der Waals surface area contributed by atoms with Crippen molar-refractivity contribution in [3.05, 3.63) is 11.1 Å². The summed E-state index contributed by atoms with van der Waals surface area (Å²) >= 11 is 1.20. The lowest BCUT2D eigenvalue weighted by Gasteiger charge is -2.14. The average molecular weight is 240 g/mol. The topological polar surface area (TPSA) is 62.2 Å². The van der Waals surface area contributed by atoms with E-state index in [0.29, 0.717) is 10.8 Å². The summed E-state index contributed by atoms with van der Waals surface area (Å²) in [4.78, 5) is 15.0. The fourth-order valence-corrected chi connectivity index (χ4v) is 2.86. The second-order valence-electron chi connectivity index (χ2n) is 4.38. The van der Waals surface area contributed by atoms with E-state index in [1.807, 2.05) is 0 Å². The van der Waals surface area contributed by atoms with Crippen LogP contribution in [-0.4, -0.2) is 22.6 Å². The zero-order valence-electron chi connectivity index (χ0n) is 9.27. The van der Waals surface area contributed by atoms with Gasteiger partial charge < -0.3 is 10.4 Å². The summed E-state index contributed by atoms with van der Waals surface area (Å²) in [5.74, 6) is 0.573. The molecule has 2 rings (SSSR count). The molecule has 0 radical (unpaired) electrons. The lowest BCUT2D eigenvalue weighted by atomic mass is 9.98. The molecule has 0 aliphatic heterocycles. The lowest BCUT2D eigenvalue weighted by molar-refractivity contribution is 0.0702. The van der Waals surface area contributed by atoms with Gasteiger partial charge in [0.05, 0.1) is 6.20 Å². The first-order valence-electron chi connectivity index (χ1n) is 5.60. The van der Waals surface area contributed by atoms with Crippen LogP contribution in [-0.2, 0) is 0 Å². The molecule has 2 unspecified atom stereocenters. The molecule has 0 aromatic carbocycles. The van der Waals surface area contributed by atoms with Gasteiger partial charge in [0.1, 0.15) is 4.88 Å². The van der Waals surface area contributed by atoms with Gasteiger partial charge in [-0.15, -0.1) is 0 Å². The molecule has 0 bridgehead atoms. The van der Waals surface area contributed by atoms with Crippen LogP contribution in [0.5, 0.6) is 0 Å². The Bertz CT molecular complexity index is 378. The highest BCUT2D eigenvalue weighted by atomic mass is 32.1.